The van der Waals surface area contributed by atoms with Crippen LogP contribution in [-0.2, 0) is 0 Å². The van der Waals surface area contributed by atoms with Gasteiger partial charge in [0.15, 0.2) is 17.1 Å². The molecule has 2 aromatic heterocycles. The second-order valence-electron chi connectivity index (χ2n) is 6.37. The van der Waals surface area contributed by atoms with E-state index in [1.54, 1.807) is 0 Å². The summed E-state index contributed by atoms with van der Waals surface area (Å²) in [4.78, 5) is 0. The van der Waals surface area contributed by atoms with Gasteiger partial charge in [-0.1, -0.05) is 19.9 Å². The van der Waals surface area contributed by atoms with Crippen molar-refractivity contribution in [3.8, 4) is 11.5 Å². The maximum Gasteiger partial charge on any atom is 0.200 e. The molecule has 0 spiro atoms. The molecule has 0 saturated carbocycles. The molecule has 1 aliphatic heterocycles. The molecular formula is C17H20N6O2. The Morgan fingerprint density at radius 2 is 1.92 bits per heavy atom. The van der Waals surface area contributed by atoms with E-state index in [-0.39, 0.29) is 6.04 Å². The third-order valence-electron chi connectivity index (χ3n) is 4.17. The molecule has 8 heteroatoms. The Kier molecular flexibility index (Phi) is 4.09. The Balaban J connectivity index is 1.63. The van der Waals surface area contributed by atoms with Gasteiger partial charge in [0.05, 0.1) is 19.3 Å². The van der Waals surface area contributed by atoms with E-state index in [0.29, 0.717) is 30.6 Å². The van der Waals surface area contributed by atoms with Crippen molar-refractivity contribution in [2.24, 2.45) is 5.92 Å². The Labute approximate surface area is 145 Å². The van der Waals surface area contributed by atoms with Crippen molar-refractivity contribution < 1.29 is 9.47 Å². The molecule has 0 aliphatic carbocycles. The van der Waals surface area contributed by atoms with Crippen LogP contribution in [0.3, 0.4) is 0 Å². The molecule has 130 valence electrons. The van der Waals surface area contributed by atoms with Gasteiger partial charge in [-0.2, -0.15) is 0 Å². The van der Waals surface area contributed by atoms with E-state index in [1.807, 2.05) is 24.3 Å². The molecule has 0 saturated heterocycles. The fraction of sp³-hybridized carbons (Fsp3) is 0.412. The minimum absolute atomic E-state index is 0.0681. The minimum Gasteiger partial charge on any atom is -0.490 e. The molecule has 1 aliphatic rings. The highest BCUT2D eigenvalue weighted by Gasteiger charge is 2.20. The fourth-order valence-electron chi connectivity index (χ4n) is 2.89. The lowest BCUT2D eigenvalue weighted by atomic mass is 9.95. The first-order valence-electron chi connectivity index (χ1n) is 8.42. The highest BCUT2D eigenvalue weighted by molar-refractivity contribution is 5.48. The summed E-state index contributed by atoms with van der Waals surface area (Å²) in [6.45, 7) is 5.69. The summed E-state index contributed by atoms with van der Waals surface area (Å²) in [6.07, 6.45) is 0.895. The van der Waals surface area contributed by atoms with Crippen LogP contribution in [0.5, 0.6) is 11.5 Å². The van der Waals surface area contributed by atoms with Crippen molar-refractivity contribution >= 4 is 11.5 Å². The van der Waals surface area contributed by atoms with Crippen LogP contribution in [0, 0.1) is 5.92 Å². The molecule has 0 fully saturated rings. The molecule has 8 nitrogen and oxygen atoms in total. The number of nitrogens with one attached hydrogen (secondary N) is 1. The van der Waals surface area contributed by atoms with Crippen LogP contribution in [0.1, 0.15) is 31.9 Å². The number of rotatable bonds is 4. The highest BCUT2D eigenvalue weighted by Crippen LogP contribution is 2.35. The van der Waals surface area contributed by atoms with Crippen LogP contribution in [0.2, 0.25) is 0 Å². The van der Waals surface area contributed by atoms with Gasteiger partial charge < -0.3 is 14.8 Å². The number of fused-ring (bicyclic) bond motifs is 2. The fourth-order valence-corrected chi connectivity index (χ4v) is 2.89. The lowest BCUT2D eigenvalue weighted by Crippen LogP contribution is -2.18. The monoisotopic (exact) mass is 340 g/mol. The van der Waals surface area contributed by atoms with Gasteiger partial charge in [0.25, 0.3) is 0 Å². The standard InChI is InChI=1S/C17H20N6O2/c1-11(2)17(18-15-6-7-16-19-21-22-23(16)20-15)12-4-5-13-14(10-12)25-9-3-8-24-13/h4-7,10-11,17H,3,8-9H2,1-2H3,(H,18,20). The summed E-state index contributed by atoms with van der Waals surface area (Å²) < 4.78 is 12.9. The zero-order chi connectivity index (χ0) is 17.2. The van der Waals surface area contributed by atoms with Gasteiger partial charge >= 0.3 is 0 Å². The van der Waals surface area contributed by atoms with E-state index in [9.17, 15) is 0 Å². The predicted octanol–water partition coefficient (Wildman–Crippen LogP) is 2.49. The SMILES string of the molecule is CC(C)C(Nc1ccc2nnnn2n1)c1ccc2c(c1)OCCCO2. The van der Waals surface area contributed by atoms with Gasteiger partial charge in [0.1, 0.15) is 5.82 Å². The molecule has 0 bridgehead atoms. The number of ether oxygens (including phenoxy) is 2. The molecule has 3 aromatic rings. The average molecular weight is 340 g/mol. The lowest BCUT2D eigenvalue weighted by Gasteiger charge is -2.24. The van der Waals surface area contributed by atoms with Crippen molar-refractivity contribution in [1.29, 1.82) is 0 Å². The van der Waals surface area contributed by atoms with E-state index in [0.717, 1.165) is 23.5 Å². The molecule has 1 unspecified atom stereocenters. The zero-order valence-electron chi connectivity index (χ0n) is 14.2. The van der Waals surface area contributed by atoms with Gasteiger partial charge in [-0.05, 0) is 46.2 Å². The van der Waals surface area contributed by atoms with Crippen LogP contribution in [0.4, 0.5) is 5.82 Å². The van der Waals surface area contributed by atoms with Crippen LogP contribution in [-0.4, -0.2) is 38.5 Å². The summed E-state index contributed by atoms with van der Waals surface area (Å²) in [5, 5.41) is 19.2. The topological polar surface area (TPSA) is 86.5 Å². The number of aromatic nitrogens is 5. The summed E-state index contributed by atoms with van der Waals surface area (Å²) in [7, 11) is 0. The lowest BCUT2D eigenvalue weighted by molar-refractivity contribution is 0.297. The minimum atomic E-state index is 0.0681. The largest absolute Gasteiger partial charge is 0.490 e. The maximum atomic E-state index is 5.82. The molecule has 0 radical (unpaired) electrons. The van der Waals surface area contributed by atoms with Crippen molar-refractivity contribution in [1.82, 2.24) is 25.3 Å². The molecular weight excluding hydrogens is 320 g/mol. The number of hydrogen-bond donors (Lipinski definition) is 1. The van der Waals surface area contributed by atoms with Gasteiger partial charge in [0, 0.05) is 6.42 Å². The van der Waals surface area contributed by atoms with Gasteiger partial charge in [-0.15, -0.1) is 14.8 Å². The van der Waals surface area contributed by atoms with E-state index >= 15 is 0 Å². The Hall–Kier alpha value is -2.90. The Morgan fingerprint density at radius 3 is 2.76 bits per heavy atom. The molecule has 1 atom stereocenters. The second-order valence-corrected chi connectivity index (χ2v) is 6.37. The normalized spacial score (nSPS) is 15.2. The summed E-state index contributed by atoms with van der Waals surface area (Å²) in [5.41, 5.74) is 1.74. The molecule has 0 amide bonds. The quantitative estimate of drug-likeness (QED) is 0.781. The van der Waals surface area contributed by atoms with Crippen molar-refractivity contribution in [3.05, 3.63) is 35.9 Å². The number of nitrogens with zero attached hydrogens (tertiary/aromatic N) is 5. The summed E-state index contributed by atoms with van der Waals surface area (Å²) in [5.74, 6) is 2.66. The highest BCUT2D eigenvalue weighted by atomic mass is 16.5. The average Bonchev–Trinajstić information content (AvgIpc) is 2.95. The Bertz CT molecular complexity index is 878. The Morgan fingerprint density at radius 1 is 1.08 bits per heavy atom. The summed E-state index contributed by atoms with van der Waals surface area (Å²) in [6, 6.07) is 9.88. The van der Waals surface area contributed by atoms with Crippen LogP contribution >= 0.6 is 0 Å². The number of hydrogen-bond acceptors (Lipinski definition) is 7. The van der Waals surface area contributed by atoms with Crippen LogP contribution < -0.4 is 14.8 Å². The van der Waals surface area contributed by atoms with E-state index < -0.39 is 0 Å². The van der Waals surface area contributed by atoms with Crippen LogP contribution in [0.25, 0.3) is 5.65 Å². The third kappa shape index (κ3) is 3.19. The van der Waals surface area contributed by atoms with Crippen molar-refractivity contribution in [2.45, 2.75) is 26.3 Å². The van der Waals surface area contributed by atoms with E-state index in [1.165, 1.54) is 4.63 Å². The molecule has 1 N–H and O–H groups in total. The van der Waals surface area contributed by atoms with Crippen LogP contribution in [0.15, 0.2) is 30.3 Å². The summed E-state index contributed by atoms with van der Waals surface area (Å²) >= 11 is 0. The van der Waals surface area contributed by atoms with E-state index in [4.69, 9.17) is 9.47 Å². The molecule has 25 heavy (non-hydrogen) atoms. The van der Waals surface area contributed by atoms with Gasteiger partial charge in [-0.25, -0.2) is 0 Å². The van der Waals surface area contributed by atoms with Gasteiger partial charge in [-0.3, -0.25) is 0 Å². The number of anilines is 1. The molecule has 4 rings (SSSR count). The van der Waals surface area contributed by atoms with Crippen molar-refractivity contribution in [3.63, 3.8) is 0 Å². The number of benzene rings is 1. The number of tetrazole rings is 1. The first kappa shape index (κ1) is 15.6. The van der Waals surface area contributed by atoms with E-state index in [2.05, 4.69) is 45.9 Å². The van der Waals surface area contributed by atoms with Gasteiger partial charge in [0.2, 0.25) is 0 Å². The zero-order valence-corrected chi connectivity index (χ0v) is 14.2. The predicted molar refractivity (Wildman–Crippen MR) is 91.8 cm³/mol. The molecule has 3 heterocycles. The third-order valence-corrected chi connectivity index (χ3v) is 4.17. The maximum absolute atomic E-state index is 5.82. The second kappa shape index (κ2) is 6.54. The van der Waals surface area contributed by atoms with Crippen molar-refractivity contribution in [2.75, 3.05) is 18.5 Å². The first-order chi connectivity index (χ1) is 12.2. The smallest absolute Gasteiger partial charge is 0.200 e. The molecule has 1 aromatic carbocycles. The first-order valence-corrected chi connectivity index (χ1v) is 8.42.